The van der Waals surface area contributed by atoms with Crippen molar-refractivity contribution in [2.45, 2.75) is 32.9 Å². The molecule has 1 aromatic carbocycles. The van der Waals surface area contributed by atoms with Crippen molar-refractivity contribution in [2.75, 3.05) is 31.6 Å². The topological polar surface area (TPSA) is 121 Å². The SMILES string of the molecule is Cc1nc2c(F)cc(-c3nc(Nc4ccc(C(=O)N5CCNC[C@@H]5CO)cn4)ncc3F)cc2n1C(C)C. The first-order valence-corrected chi connectivity index (χ1v) is 12.3. The molecule has 0 aliphatic carbocycles. The normalized spacial score (nSPS) is 15.9. The van der Waals surface area contributed by atoms with Crippen LogP contribution in [0.4, 0.5) is 20.5 Å². The van der Waals surface area contributed by atoms with Gasteiger partial charge < -0.3 is 25.2 Å². The fourth-order valence-electron chi connectivity index (χ4n) is 4.75. The van der Waals surface area contributed by atoms with E-state index in [0.717, 1.165) is 6.20 Å². The van der Waals surface area contributed by atoms with Crippen LogP contribution in [0.5, 0.6) is 0 Å². The van der Waals surface area contributed by atoms with E-state index in [0.29, 0.717) is 42.4 Å². The van der Waals surface area contributed by atoms with Crippen LogP contribution >= 0.6 is 0 Å². The maximum atomic E-state index is 14.9. The van der Waals surface area contributed by atoms with Crippen molar-refractivity contribution in [1.82, 2.24) is 34.7 Å². The van der Waals surface area contributed by atoms with Crippen LogP contribution in [0, 0.1) is 18.6 Å². The van der Waals surface area contributed by atoms with Gasteiger partial charge in [-0.05, 0) is 45.0 Å². The summed E-state index contributed by atoms with van der Waals surface area (Å²) in [6.07, 6.45) is 2.43. The lowest BCUT2D eigenvalue weighted by atomic mass is 10.1. The molecule has 12 heteroatoms. The highest BCUT2D eigenvalue weighted by Gasteiger charge is 2.27. The number of hydrogen-bond donors (Lipinski definition) is 3. The summed E-state index contributed by atoms with van der Waals surface area (Å²) >= 11 is 0. The lowest BCUT2D eigenvalue weighted by Crippen LogP contribution is -2.55. The minimum absolute atomic E-state index is 0.0316. The number of anilines is 2. The van der Waals surface area contributed by atoms with E-state index in [2.05, 4.69) is 30.6 Å². The minimum atomic E-state index is -0.704. The molecule has 4 heterocycles. The second-order valence-corrected chi connectivity index (χ2v) is 9.43. The molecule has 0 unspecified atom stereocenters. The van der Waals surface area contributed by atoms with Gasteiger partial charge >= 0.3 is 0 Å². The quantitative estimate of drug-likeness (QED) is 0.353. The zero-order valence-electron chi connectivity index (χ0n) is 21.2. The summed E-state index contributed by atoms with van der Waals surface area (Å²) in [5.41, 5.74) is 1.33. The molecule has 3 aromatic heterocycles. The lowest BCUT2D eigenvalue weighted by Gasteiger charge is -2.35. The van der Waals surface area contributed by atoms with E-state index in [9.17, 15) is 18.7 Å². The average molecular weight is 523 g/mol. The molecule has 1 aliphatic heterocycles. The summed E-state index contributed by atoms with van der Waals surface area (Å²) < 4.78 is 31.6. The number of benzene rings is 1. The van der Waals surface area contributed by atoms with Crippen LogP contribution in [0.3, 0.4) is 0 Å². The number of imidazole rings is 1. The Morgan fingerprint density at radius 2 is 2.00 bits per heavy atom. The number of piperazine rings is 1. The number of rotatable bonds is 6. The van der Waals surface area contributed by atoms with Gasteiger partial charge in [0.15, 0.2) is 11.6 Å². The second kappa shape index (κ2) is 10.4. The van der Waals surface area contributed by atoms with Crippen LogP contribution in [-0.4, -0.2) is 72.7 Å². The number of carbonyl (C=O) groups is 1. The second-order valence-electron chi connectivity index (χ2n) is 9.43. The molecular weight excluding hydrogens is 494 g/mol. The Kier molecular flexibility index (Phi) is 7.00. The van der Waals surface area contributed by atoms with Gasteiger partial charge in [-0.1, -0.05) is 0 Å². The Bertz CT molecular complexity index is 1490. The Morgan fingerprint density at radius 3 is 2.71 bits per heavy atom. The Hall–Kier alpha value is -4.03. The van der Waals surface area contributed by atoms with Crippen molar-refractivity contribution >= 4 is 28.7 Å². The lowest BCUT2D eigenvalue weighted by molar-refractivity contribution is 0.0536. The first-order chi connectivity index (χ1) is 18.3. The van der Waals surface area contributed by atoms with Crippen molar-refractivity contribution in [3.05, 3.63) is 59.7 Å². The molecule has 198 valence electrons. The highest BCUT2D eigenvalue weighted by Crippen LogP contribution is 2.30. The number of nitrogens with one attached hydrogen (secondary N) is 2. The summed E-state index contributed by atoms with van der Waals surface area (Å²) in [6.45, 7) is 7.25. The molecule has 0 bridgehead atoms. The van der Waals surface area contributed by atoms with Crippen LogP contribution in [0.25, 0.3) is 22.3 Å². The van der Waals surface area contributed by atoms with Crippen molar-refractivity contribution in [2.24, 2.45) is 0 Å². The Morgan fingerprint density at radius 1 is 1.18 bits per heavy atom. The first-order valence-electron chi connectivity index (χ1n) is 12.3. The standard InChI is InChI=1S/C26H28F2N8O2/c1-14(2)36-15(3)32-24-19(27)8-17(9-21(24)36)23-20(28)12-31-26(34-23)33-22-5-4-16(10-30-22)25(38)35-7-6-29-11-18(35)13-37/h4-5,8-10,12,14,18,29,37H,6-7,11,13H2,1-3H3,(H,30,31,33,34)/t18-/m1/s1. The molecular formula is C26H28F2N8O2. The molecule has 38 heavy (non-hydrogen) atoms. The van der Waals surface area contributed by atoms with Gasteiger partial charge in [0.25, 0.3) is 5.91 Å². The van der Waals surface area contributed by atoms with Crippen LogP contribution in [-0.2, 0) is 0 Å². The van der Waals surface area contributed by atoms with Gasteiger partial charge in [0.1, 0.15) is 22.9 Å². The average Bonchev–Trinajstić information content (AvgIpc) is 3.26. The van der Waals surface area contributed by atoms with Gasteiger partial charge in [0, 0.05) is 37.4 Å². The number of aryl methyl sites for hydroxylation is 1. The number of pyridine rings is 1. The number of hydrogen-bond acceptors (Lipinski definition) is 8. The van der Waals surface area contributed by atoms with Crippen molar-refractivity contribution in [1.29, 1.82) is 0 Å². The van der Waals surface area contributed by atoms with E-state index in [1.54, 1.807) is 30.0 Å². The van der Waals surface area contributed by atoms with Crippen LogP contribution in [0.2, 0.25) is 0 Å². The number of aliphatic hydroxyl groups excluding tert-OH is 1. The van der Waals surface area contributed by atoms with Gasteiger partial charge in [-0.15, -0.1) is 0 Å². The van der Waals surface area contributed by atoms with E-state index in [-0.39, 0.29) is 47.3 Å². The van der Waals surface area contributed by atoms with Crippen molar-refractivity contribution in [3.8, 4) is 11.3 Å². The number of fused-ring (bicyclic) bond motifs is 1. The van der Waals surface area contributed by atoms with E-state index in [1.807, 2.05) is 18.4 Å². The minimum Gasteiger partial charge on any atom is -0.394 e. The predicted molar refractivity (Wildman–Crippen MR) is 138 cm³/mol. The van der Waals surface area contributed by atoms with E-state index in [1.165, 1.54) is 12.3 Å². The third kappa shape index (κ3) is 4.79. The zero-order valence-corrected chi connectivity index (χ0v) is 21.2. The molecule has 1 fully saturated rings. The third-order valence-corrected chi connectivity index (χ3v) is 6.53. The molecule has 0 radical (unpaired) electrons. The fourth-order valence-corrected chi connectivity index (χ4v) is 4.75. The number of aliphatic hydroxyl groups is 1. The van der Waals surface area contributed by atoms with Crippen LogP contribution in [0.1, 0.15) is 36.1 Å². The zero-order chi connectivity index (χ0) is 27.0. The highest BCUT2D eigenvalue weighted by molar-refractivity contribution is 5.94. The largest absolute Gasteiger partial charge is 0.394 e. The molecule has 1 atom stereocenters. The summed E-state index contributed by atoms with van der Waals surface area (Å²) in [4.78, 5) is 31.4. The fraction of sp³-hybridized carbons (Fsp3) is 0.346. The van der Waals surface area contributed by atoms with Crippen LogP contribution in [0.15, 0.2) is 36.7 Å². The van der Waals surface area contributed by atoms with Crippen molar-refractivity contribution in [3.63, 3.8) is 0 Å². The highest BCUT2D eigenvalue weighted by atomic mass is 19.1. The maximum Gasteiger partial charge on any atom is 0.255 e. The van der Waals surface area contributed by atoms with E-state index < -0.39 is 11.6 Å². The Balaban J connectivity index is 1.40. The predicted octanol–water partition coefficient (Wildman–Crippen LogP) is 3.21. The molecule has 0 saturated carbocycles. The van der Waals surface area contributed by atoms with Gasteiger partial charge in [-0.2, -0.15) is 0 Å². The Labute approximate surface area is 217 Å². The smallest absolute Gasteiger partial charge is 0.255 e. The van der Waals surface area contributed by atoms with Crippen molar-refractivity contribution < 1.29 is 18.7 Å². The monoisotopic (exact) mass is 522 g/mol. The number of nitrogens with zero attached hydrogens (tertiary/aromatic N) is 6. The maximum absolute atomic E-state index is 14.9. The molecule has 3 N–H and O–H groups in total. The summed E-state index contributed by atoms with van der Waals surface area (Å²) in [7, 11) is 0. The molecule has 1 saturated heterocycles. The molecule has 10 nitrogen and oxygen atoms in total. The summed E-state index contributed by atoms with van der Waals surface area (Å²) in [5, 5.41) is 15.6. The van der Waals surface area contributed by atoms with E-state index in [4.69, 9.17) is 0 Å². The van der Waals surface area contributed by atoms with Crippen LogP contribution < -0.4 is 10.6 Å². The molecule has 1 amide bonds. The molecule has 1 aliphatic rings. The number of aromatic nitrogens is 5. The summed E-state index contributed by atoms with van der Waals surface area (Å²) in [6, 6.07) is 5.81. The van der Waals surface area contributed by atoms with E-state index >= 15 is 0 Å². The van der Waals surface area contributed by atoms with Gasteiger partial charge in [-0.3, -0.25) is 4.79 Å². The number of carbonyl (C=O) groups excluding carboxylic acids is 1. The molecule has 4 aromatic rings. The first kappa shape index (κ1) is 25.6. The van der Waals surface area contributed by atoms with Gasteiger partial charge in [0.05, 0.1) is 29.9 Å². The summed E-state index contributed by atoms with van der Waals surface area (Å²) in [5.74, 6) is -0.434. The molecule has 0 spiro atoms. The number of amides is 1. The van der Waals surface area contributed by atoms with Gasteiger partial charge in [-0.25, -0.2) is 28.7 Å². The van der Waals surface area contributed by atoms with Gasteiger partial charge in [0.2, 0.25) is 5.95 Å². The third-order valence-electron chi connectivity index (χ3n) is 6.53. The molecule has 5 rings (SSSR count). The number of halogens is 2.